The Kier molecular flexibility index (Phi) is 4.72. The van der Waals surface area contributed by atoms with Gasteiger partial charge in [0.15, 0.2) is 0 Å². The number of halogens is 2. The monoisotopic (exact) mass is 271 g/mol. The van der Waals surface area contributed by atoms with Gasteiger partial charge in [0.1, 0.15) is 0 Å². The molecule has 2 rings (SSSR count). The lowest BCUT2D eigenvalue weighted by molar-refractivity contribution is 0.406. The van der Waals surface area contributed by atoms with E-state index < -0.39 is 0 Å². The minimum Gasteiger partial charge on any atom is -0.314 e. The third kappa shape index (κ3) is 3.37. The van der Waals surface area contributed by atoms with E-state index in [1.807, 2.05) is 12.1 Å². The van der Waals surface area contributed by atoms with Crippen LogP contribution in [0.2, 0.25) is 10.0 Å². The van der Waals surface area contributed by atoms with Crippen molar-refractivity contribution in [1.82, 2.24) is 5.32 Å². The zero-order valence-corrected chi connectivity index (χ0v) is 11.7. The highest BCUT2D eigenvalue weighted by molar-refractivity contribution is 6.35. The van der Waals surface area contributed by atoms with Gasteiger partial charge in [0.05, 0.1) is 0 Å². The summed E-state index contributed by atoms with van der Waals surface area (Å²) in [6.07, 6.45) is 4.99. The van der Waals surface area contributed by atoms with Crippen molar-refractivity contribution in [2.24, 2.45) is 5.92 Å². The summed E-state index contributed by atoms with van der Waals surface area (Å²) in [4.78, 5) is 0. The molecule has 3 heteroatoms. The molecule has 1 aliphatic rings. The van der Waals surface area contributed by atoms with Crippen LogP contribution in [0.4, 0.5) is 0 Å². The Morgan fingerprint density at radius 2 is 2.12 bits per heavy atom. The largest absolute Gasteiger partial charge is 0.314 e. The van der Waals surface area contributed by atoms with Gasteiger partial charge in [0.25, 0.3) is 0 Å². The molecular weight excluding hydrogens is 253 g/mol. The molecular formula is C14H19Cl2N. The van der Waals surface area contributed by atoms with Crippen molar-refractivity contribution in [3.63, 3.8) is 0 Å². The molecule has 0 saturated heterocycles. The van der Waals surface area contributed by atoms with E-state index in [2.05, 4.69) is 18.3 Å². The highest BCUT2D eigenvalue weighted by atomic mass is 35.5. The summed E-state index contributed by atoms with van der Waals surface area (Å²) in [5, 5.41) is 5.10. The van der Waals surface area contributed by atoms with Gasteiger partial charge in [-0.25, -0.2) is 0 Å². The van der Waals surface area contributed by atoms with E-state index in [4.69, 9.17) is 23.2 Å². The molecule has 1 nitrogen and oxygen atoms in total. The maximum absolute atomic E-state index is 6.23. The van der Waals surface area contributed by atoms with E-state index in [-0.39, 0.29) is 0 Å². The van der Waals surface area contributed by atoms with Crippen LogP contribution in [-0.4, -0.2) is 12.6 Å². The van der Waals surface area contributed by atoms with Crippen molar-refractivity contribution in [3.05, 3.63) is 33.8 Å². The van der Waals surface area contributed by atoms with Crippen molar-refractivity contribution >= 4 is 23.2 Å². The van der Waals surface area contributed by atoms with E-state index in [1.165, 1.54) is 24.8 Å². The van der Waals surface area contributed by atoms with Crippen molar-refractivity contribution in [3.8, 4) is 0 Å². The molecule has 1 saturated carbocycles. The molecule has 2 unspecified atom stereocenters. The lowest BCUT2D eigenvalue weighted by atomic mass is 9.94. The van der Waals surface area contributed by atoms with Gasteiger partial charge in [-0.2, -0.15) is 0 Å². The second-order valence-corrected chi connectivity index (χ2v) is 5.64. The first-order valence-electron chi connectivity index (χ1n) is 6.38. The number of rotatable bonds is 4. The molecule has 1 aliphatic carbocycles. The van der Waals surface area contributed by atoms with E-state index in [9.17, 15) is 0 Å². The molecule has 1 aromatic rings. The Labute approximate surface area is 114 Å². The van der Waals surface area contributed by atoms with Crippen LogP contribution in [0.25, 0.3) is 0 Å². The van der Waals surface area contributed by atoms with E-state index in [1.54, 1.807) is 0 Å². The van der Waals surface area contributed by atoms with Gasteiger partial charge >= 0.3 is 0 Å². The molecule has 1 N–H and O–H groups in total. The molecule has 2 atom stereocenters. The van der Waals surface area contributed by atoms with Crippen molar-refractivity contribution in [1.29, 1.82) is 0 Å². The molecule has 0 spiro atoms. The third-order valence-corrected chi connectivity index (χ3v) is 4.21. The maximum Gasteiger partial charge on any atom is 0.0452 e. The van der Waals surface area contributed by atoms with Gasteiger partial charge in [0.2, 0.25) is 0 Å². The molecule has 1 fully saturated rings. The smallest absolute Gasteiger partial charge is 0.0452 e. The van der Waals surface area contributed by atoms with Crippen LogP contribution >= 0.6 is 23.2 Å². The first kappa shape index (κ1) is 13.2. The topological polar surface area (TPSA) is 12.0 Å². The number of nitrogens with one attached hydrogen (secondary N) is 1. The molecule has 94 valence electrons. The van der Waals surface area contributed by atoms with E-state index in [0.29, 0.717) is 17.0 Å². The minimum absolute atomic E-state index is 0.659. The van der Waals surface area contributed by atoms with Crippen LogP contribution in [0, 0.1) is 5.92 Å². The minimum atomic E-state index is 0.659. The average molecular weight is 272 g/mol. The summed E-state index contributed by atoms with van der Waals surface area (Å²) in [6, 6.07) is 6.49. The van der Waals surface area contributed by atoms with Crippen molar-refractivity contribution in [2.45, 2.75) is 38.6 Å². The van der Waals surface area contributed by atoms with Crippen LogP contribution < -0.4 is 5.32 Å². The average Bonchev–Trinajstić information content (AvgIpc) is 2.71. The zero-order chi connectivity index (χ0) is 12.3. The fourth-order valence-corrected chi connectivity index (χ4v) is 3.27. The van der Waals surface area contributed by atoms with Crippen LogP contribution in [0.15, 0.2) is 18.2 Å². The van der Waals surface area contributed by atoms with Gasteiger partial charge in [-0.3, -0.25) is 0 Å². The molecule has 17 heavy (non-hydrogen) atoms. The highest BCUT2D eigenvalue weighted by Crippen LogP contribution is 2.31. The van der Waals surface area contributed by atoms with Crippen LogP contribution in [0.5, 0.6) is 0 Å². The van der Waals surface area contributed by atoms with E-state index >= 15 is 0 Å². The molecule has 0 aromatic heterocycles. The first-order valence-corrected chi connectivity index (χ1v) is 7.13. The van der Waals surface area contributed by atoms with Crippen LogP contribution in [-0.2, 0) is 6.42 Å². The van der Waals surface area contributed by atoms with Gasteiger partial charge in [-0.15, -0.1) is 0 Å². The highest BCUT2D eigenvalue weighted by Gasteiger charge is 2.26. The standard InChI is InChI=1S/C14H19Cl2N/c1-2-17-14-5-3-4-11(14)8-10-6-7-12(15)9-13(10)16/h6-7,9,11,14,17H,2-5,8H2,1H3. The fraction of sp³-hybridized carbons (Fsp3) is 0.571. The summed E-state index contributed by atoms with van der Waals surface area (Å²) in [7, 11) is 0. The Balaban J connectivity index is 2.04. The van der Waals surface area contributed by atoms with Crippen molar-refractivity contribution < 1.29 is 0 Å². The zero-order valence-electron chi connectivity index (χ0n) is 10.2. The lowest BCUT2D eigenvalue weighted by Crippen LogP contribution is -2.33. The first-order chi connectivity index (χ1) is 8.20. The second-order valence-electron chi connectivity index (χ2n) is 4.80. The quantitative estimate of drug-likeness (QED) is 0.861. The molecule has 0 bridgehead atoms. The molecule has 0 heterocycles. The second kappa shape index (κ2) is 6.08. The predicted molar refractivity (Wildman–Crippen MR) is 75.0 cm³/mol. The summed E-state index contributed by atoms with van der Waals surface area (Å²) < 4.78 is 0. The Morgan fingerprint density at radius 3 is 2.82 bits per heavy atom. The lowest BCUT2D eigenvalue weighted by Gasteiger charge is -2.20. The van der Waals surface area contributed by atoms with Crippen LogP contribution in [0.1, 0.15) is 31.7 Å². The normalized spacial score (nSPS) is 24.2. The number of hydrogen-bond acceptors (Lipinski definition) is 1. The molecule has 0 amide bonds. The summed E-state index contributed by atoms with van der Waals surface area (Å²) >= 11 is 12.1. The summed E-state index contributed by atoms with van der Waals surface area (Å²) in [6.45, 7) is 3.22. The molecule has 0 radical (unpaired) electrons. The van der Waals surface area contributed by atoms with Gasteiger partial charge in [-0.05, 0) is 49.4 Å². The van der Waals surface area contributed by atoms with Crippen LogP contribution in [0.3, 0.4) is 0 Å². The Hall–Kier alpha value is -0.240. The number of hydrogen-bond donors (Lipinski definition) is 1. The van der Waals surface area contributed by atoms with Crippen molar-refractivity contribution in [2.75, 3.05) is 6.54 Å². The fourth-order valence-electron chi connectivity index (χ4n) is 2.78. The maximum atomic E-state index is 6.23. The van der Waals surface area contributed by atoms with Gasteiger partial charge in [-0.1, -0.05) is 42.6 Å². The predicted octanol–water partition coefficient (Wildman–Crippen LogP) is 4.31. The number of benzene rings is 1. The summed E-state index contributed by atoms with van der Waals surface area (Å²) in [5.74, 6) is 0.716. The Morgan fingerprint density at radius 1 is 1.29 bits per heavy atom. The molecule has 0 aliphatic heterocycles. The van der Waals surface area contributed by atoms with Gasteiger partial charge < -0.3 is 5.32 Å². The Bertz CT molecular complexity index is 378. The molecule has 1 aromatic carbocycles. The third-order valence-electron chi connectivity index (χ3n) is 3.62. The summed E-state index contributed by atoms with van der Waals surface area (Å²) in [5.41, 5.74) is 1.23. The van der Waals surface area contributed by atoms with Gasteiger partial charge in [0, 0.05) is 16.1 Å². The van der Waals surface area contributed by atoms with E-state index in [0.717, 1.165) is 18.0 Å². The SMILES string of the molecule is CCNC1CCCC1Cc1ccc(Cl)cc1Cl.